The molecule has 2 aromatic heterocycles. The van der Waals surface area contributed by atoms with E-state index in [4.69, 9.17) is 0 Å². The molecule has 0 saturated carbocycles. The summed E-state index contributed by atoms with van der Waals surface area (Å²) in [4.78, 5) is 24.2. The molecule has 2 aromatic carbocycles. The number of fused-ring (bicyclic) bond motifs is 1. The van der Waals surface area contributed by atoms with Gasteiger partial charge in [-0.1, -0.05) is 12.1 Å². The number of rotatable bonds is 5. The highest BCUT2D eigenvalue weighted by atomic mass is 19.1. The van der Waals surface area contributed by atoms with Crippen molar-refractivity contribution in [2.24, 2.45) is 0 Å². The van der Waals surface area contributed by atoms with E-state index in [1.807, 2.05) is 48.4 Å². The zero-order chi connectivity index (χ0) is 22.1. The Hall–Kier alpha value is -3.81. The topological polar surface area (TPSA) is 75.9 Å². The lowest BCUT2D eigenvalue weighted by molar-refractivity contribution is -0.122. The average Bonchev–Trinajstić information content (AvgIpc) is 3.50. The van der Waals surface area contributed by atoms with Gasteiger partial charge in [0, 0.05) is 30.9 Å². The molecule has 4 aromatic rings. The molecule has 5 rings (SSSR count). The number of carbonyl (C=O) groups is 1. The lowest BCUT2D eigenvalue weighted by Gasteiger charge is -2.24. The third kappa shape index (κ3) is 3.91. The fourth-order valence-electron chi connectivity index (χ4n) is 4.18. The molecule has 0 aliphatic carbocycles. The third-order valence-electron chi connectivity index (χ3n) is 5.80. The van der Waals surface area contributed by atoms with Gasteiger partial charge in [-0.05, 0) is 61.7 Å². The van der Waals surface area contributed by atoms with Crippen LogP contribution in [-0.4, -0.2) is 38.2 Å². The third-order valence-corrected chi connectivity index (χ3v) is 5.80. The minimum Gasteiger partial charge on any atom is -0.350 e. The van der Waals surface area contributed by atoms with Crippen molar-refractivity contribution in [3.63, 3.8) is 0 Å². The summed E-state index contributed by atoms with van der Waals surface area (Å²) < 4.78 is 15.4. The number of amides is 1. The van der Waals surface area contributed by atoms with E-state index in [1.54, 1.807) is 16.9 Å². The van der Waals surface area contributed by atoms with Gasteiger partial charge in [0.05, 0.1) is 16.9 Å². The molecular formula is C24H23FN6O. The highest BCUT2D eigenvalue weighted by molar-refractivity contribution is 5.86. The first-order valence-electron chi connectivity index (χ1n) is 10.7. The summed E-state index contributed by atoms with van der Waals surface area (Å²) in [6.45, 7) is 2.97. The lowest BCUT2D eigenvalue weighted by atomic mass is 10.1. The molecule has 1 fully saturated rings. The zero-order valence-electron chi connectivity index (χ0n) is 17.7. The second-order valence-corrected chi connectivity index (χ2v) is 7.96. The summed E-state index contributed by atoms with van der Waals surface area (Å²) in [5, 5.41) is 7.99. The van der Waals surface area contributed by atoms with Crippen LogP contribution in [0.25, 0.3) is 16.6 Å². The first kappa shape index (κ1) is 20.1. The predicted octanol–water partition coefficient (Wildman–Crippen LogP) is 3.55. The molecule has 1 amide bonds. The molecular weight excluding hydrogens is 407 g/mol. The van der Waals surface area contributed by atoms with Crippen LogP contribution >= 0.6 is 0 Å². The predicted molar refractivity (Wildman–Crippen MR) is 120 cm³/mol. The maximum absolute atomic E-state index is 13.6. The summed E-state index contributed by atoms with van der Waals surface area (Å²) in [5.41, 5.74) is 3.32. The van der Waals surface area contributed by atoms with Gasteiger partial charge < -0.3 is 10.2 Å². The minimum atomic E-state index is -0.332. The summed E-state index contributed by atoms with van der Waals surface area (Å²) in [7, 11) is 0. The Balaban J connectivity index is 1.32. The Bertz CT molecular complexity index is 1270. The van der Waals surface area contributed by atoms with E-state index in [9.17, 15) is 9.18 Å². The largest absolute Gasteiger partial charge is 0.350 e. The van der Waals surface area contributed by atoms with Crippen LogP contribution in [0.5, 0.6) is 0 Å². The van der Waals surface area contributed by atoms with Gasteiger partial charge in [0.2, 0.25) is 11.9 Å². The van der Waals surface area contributed by atoms with Crippen LogP contribution in [0.4, 0.5) is 10.3 Å². The highest BCUT2D eigenvalue weighted by Gasteiger charge is 2.32. The smallest absolute Gasteiger partial charge is 0.243 e. The zero-order valence-corrected chi connectivity index (χ0v) is 17.7. The summed E-state index contributed by atoms with van der Waals surface area (Å²) in [5.74, 6) is 0.152. The molecule has 0 bridgehead atoms. The van der Waals surface area contributed by atoms with E-state index in [0.717, 1.165) is 24.1 Å². The van der Waals surface area contributed by atoms with E-state index in [0.29, 0.717) is 35.6 Å². The molecule has 3 heterocycles. The summed E-state index contributed by atoms with van der Waals surface area (Å²) in [6.07, 6.45) is 5.24. The van der Waals surface area contributed by atoms with E-state index < -0.39 is 0 Å². The Labute approximate surface area is 184 Å². The summed E-state index contributed by atoms with van der Waals surface area (Å²) in [6, 6.07) is 13.9. The van der Waals surface area contributed by atoms with Crippen molar-refractivity contribution >= 4 is 22.8 Å². The second-order valence-electron chi connectivity index (χ2n) is 7.96. The number of hydrogen-bond donors (Lipinski definition) is 1. The van der Waals surface area contributed by atoms with Crippen LogP contribution in [0, 0.1) is 12.7 Å². The van der Waals surface area contributed by atoms with Crippen LogP contribution in [-0.2, 0) is 11.3 Å². The maximum atomic E-state index is 13.6. The van der Waals surface area contributed by atoms with Gasteiger partial charge in [-0.25, -0.2) is 19.0 Å². The van der Waals surface area contributed by atoms with Crippen molar-refractivity contribution in [1.29, 1.82) is 0 Å². The fraction of sp³-hybridized carbons (Fsp3) is 0.250. The second kappa shape index (κ2) is 8.37. The maximum Gasteiger partial charge on any atom is 0.243 e. The van der Waals surface area contributed by atoms with Gasteiger partial charge in [0.1, 0.15) is 11.9 Å². The van der Waals surface area contributed by atoms with Gasteiger partial charge in [-0.3, -0.25) is 4.79 Å². The van der Waals surface area contributed by atoms with Crippen LogP contribution in [0.2, 0.25) is 0 Å². The molecule has 0 spiro atoms. The van der Waals surface area contributed by atoms with Crippen LogP contribution in [0.1, 0.15) is 24.1 Å². The average molecular weight is 430 g/mol. The van der Waals surface area contributed by atoms with Crippen molar-refractivity contribution in [3.05, 3.63) is 78.0 Å². The van der Waals surface area contributed by atoms with Crippen molar-refractivity contribution in [2.45, 2.75) is 32.4 Å². The molecule has 1 aliphatic heterocycles. The van der Waals surface area contributed by atoms with Crippen LogP contribution in [0.3, 0.4) is 0 Å². The minimum absolute atomic E-state index is 0.0487. The van der Waals surface area contributed by atoms with E-state index in [-0.39, 0.29) is 17.8 Å². The molecule has 1 saturated heterocycles. The summed E-state index contributed by atoms with van der Waals surface area (Å²) >= 11 is 0. The van der Waals surface area contributed by atoms with Crippen molar-refractivity contribution < 1.29 is 9.18 Å². The van der Waals surface area contributed by atoms with E-state index in [1.165, 1.54) is 12.1 Å². The number of nitrogens with zero attached hydrogens (tertiary/aromatic N) is 5. The van der Waals surface area contributed by atoms with Gasteiger partial charge in [-0.2, -0.15) is 5.10 Å². The Morgan fingerprint density at radius 2 is 2.09 bits per heavy atom. The highest BCUT2D eigenvalue weighted by Crippen LogP contribution is 2.26. The number of nitrogens with one attached hydrogen (secondary N) is 1. The van der Waals surface area contributed by atoms with Crippen molar-refractivity contribution in [2.75, 3.05) is 11.4 Å². The van der Waals surface area contributed by atoms with Gasteiger partial charge >= 0.3 is 0 Å². The van der Waals surface area contributed by atoms with Crippen LogP contribution < -0.4 is 10.2 Å². The van der Waals surface area contributed by atoms with Gasteiger partial charge in [0.15, 0.2) is 0 Å². The molecule has 7 nitrogen and oxygen atoms in total. The first-order chi connectivity index (χ1) is 15.6. The number of aromatic nitrogens is 4. The SMILES string of the molecule is Cc1nc(N2CCC[C@H]2C(=O)NCc2cccc(-n3cccn3)c2)nc2ccc(F)cc12. The Morgan fingerprint density at radius 1 is 1.19 bits per heavy atom. The first-order valence-corrected chi connectivity index (χ1v) is 10.7. The normalized spacial score (nSPS) is 15.9. The van der Waals surface area contributed by atoms with E-state index >= 15 is 0 Å². The van der Waals surface area contributed by atoms with Gasteiger partial charge in [0.25, 0.3) is 0 Å². The molecule has 0 unspecified atom stereocenters. The van der Waals surface area contributed by atoms with Crippen molar-refractivity contribution in [3.8, 4) is 5.69 Å². The van der Waals surface area contributed by atoms with Gasteiger partial charge in [-0.15, -0.1) is 0 Å². The molecule has 8 heteroatoms. The molecule has 1 N–H and O–H groups in total. The Kier molecular flexibility index (Phi) is 5.26. The van der Waals surface area contributed by atoms with E-state index in [2.05, 4.69) is 20.4 Å². The van der Waals surface area contributed by atoms with Crippen LogP contribution in [0.15, 0.2) is 60.9 Å². The van der Waals surface area contributed by atoms with Crippen molar-refractivity contribution in [1.82, 2.24) is 25.1 Å². The number of halogens is 1. The fourth-order valence-corrected chi connectivity index (χ4v) is 4.18. The standard InChI is InChI=1S/C24H23FN6O/c1-16-20-14-18(25)8-9-21(20)29-24(28-16)30-11-3-7-22(30)23(32)26-15-17-5-2-6-19(13-17)31-12-4-10-27-31/h2,4-6,8-10,12-14,22H,3,7,11,15H2,1H3,(H,26,32)/t22-/m0/s1. The Morgan fingerprint density at radius 3 is 2.94 bits per heavy atom. The molecule has 0 radical (unpaired) electrons. The number of carbonyl (C=O) groups excluding carboxylic acids is 1. The quantitative estimate of drug-likeness (QED) is 0.524. The molecule has 32 heavy (non-hydrogen) atoms. The number of aryl methyl sites for hydroxylation is 1. The monoisotopic (exact) mass is 430 g/mol. The number of anilines is 1. The molecule has 1 atom stereocenters. The molecule has 162 valence electrons. The number of benzene rings is 2. The molecule has 1 aliphatic rings. The number of hydrogen-bond acceptors (Lipinski definition) is 5. The lowest BCUT2D eigenvalue weighted by Crippen LogP contribution is -2.43.